The van der Waals surface area contributed by atoms with Crippen molar-refractivity contribution in [3.05, 3.63) is 143 Å². The highest BCUT2D eigenvalue weighted by Gasteiger charge is 2.23. The molecular formula is C42H34N2O. The normalized spacial score (nSPS) is 19.3. The molecule has 0 saturated heterocycles. The Hall–Kier alpha value is -5.02. The lowest BCUT2D eigenvalue weighted by atomic mass is 9.80. The number of furan rings is 1. The largest absolute Gasteiger partial charge is 0.456 e. The molecule has 0 fully saturated rings. The number of aromatic nitrogens is 2. The topological polar surface area (TPSA) is 38.9 Å². The standard InChI is InChI=1S/C42H34N2O/c1-2-12-29(13-3-1)42-43-37(33-21-19-28-11-5-7-15-31(28)23-33)26-38(44-42)34-24-36(32-20-18-27-10-4-6-14-30(27)22-32)41-35-16-8-9-17-39(35)45-40(41)25-34/h1-3,5-6,8-9,11-14,16-17,20,22-27H,4,7,10,15,18-19,21H2. The average molecular weight is 583 g/mol. The number of para-hydroxylation sites is 1. The first-order chi connectivity index (χ1) is 22.3. The van der Waals surface area contributed by atoms with Crippen molar-refractivity contribution in [2.75, 3.05) is 0 Å². The summed E-state index contributed by atoms with van der Waals surface area (Å²) in [6, 6.07) is 25.5. The lowest BCUT2D eigenvalue weighted by molar-refractivity contribution is 0.567. The Morgan fingerprint density at radius 2 is 1.56 bits per heavy atom. The molecule has 3 nitrogen and oxygen atoms in total. The van der Waals surface area contributed by atoms with Gasteiger partial charge in [-0.25, -0.2) is 9.97 Å². The van der Waals surface area contributed by atoms with Crippen molar-refractivity contribution >= 4 is 33.1 Å². The van der Waals surface area contributed by atoms with E-state index in [2.05, 4.69) is 103 Å². The van der Waals surface area contributed by atoms with E-state index in [1.807, 2.05) is 12.1 Å². The Labute approximate surface area is 263 Å². The van der Waals surface area contributed by atoms with Crippen LogP contribution in [0.3, 0.4) is 0 Å². The van der Waals surface area contributed by atoms with E-state index in [0.29, 0.717) is 5.92 Å². The third kappa shape index (κ3) is 4.75. The molecule has 0 amide bonds. The SMILES string of the molecule is C1=CC2=C(C=C(c3cc(-c4cc(C5=CCC6CCC=CC6=C5)c5c(c4)oc4ccccc45)nc(-c4ccccc4)n3)CC2)CC1. The van der Waals surface area contributed by atoms with Gasteiger partial charge in [-0.15, -0.1) is 0 Å². The van der Waals surface area contributed by atoms with Crippen LogP contribution in [0.1, 0.15) is 56.2 Å². The molecule has 9 rings (SSSR count). The van der Waals surface area contributed by atoms with Crippen LogP contribution >= 0.6 is 0 Å². The number of nitrogens with zero attached hydrogens (tertiary/aromatic N) is 2. The van der Waals surface area contributed by atoms with Crippen LogP contribution in [0, 0.1) is 5.92 Å². The summed E-state index contributed by atoms with van der Waals surface area (Å²) in [4.78, 5) is 10.4. The van der Waals surface area contributed by atoms with E-state index in [0.717, 1.165) is 77.0 Å². The second kappa shape index (κ2) is 10.9. The van der Waals surface area contributed by atoms with Gasteiger partial charge in [-0.1, -0.05) is 91.1 Å². The van der Waals surface area contributed by atoms with Gasteiger partial charge in [-0.05, 0) is 109 Å². The third-order valence-corrected chi connectivity index (χ3v) is 9.90. The molecule has 0 N–H and O–H groups in total. The van der Waals surface area contributed by atoms with Crippen LogP contribution in [0.15, 0.2) is 136 Å². The van der Waals surface area contributed by atoms with E-state index < -0.39 is 0 Å². The summed E-state index contributed by atoms with van der Waals surface area (Å²) < 4.78 is 6.54. The number of benzene rings is 3. The lowest BCUT2D eigenvalue weighted by Crippen LogP contribution is -2.09. The average Bonchev–Trinajstić information content (AvgIpc) is 3.50. The monoisotopic (exact) mass is 582 g/mol. The van der Waals surface area contributed by atoms with Crippen LogP contribution < -0.4 is 0 Å². The molecule has 2 aromatic heterocycles. The fourth-order valence-corrected chi connectivity index (χ4v) is 7.54. The zero-order valence-corrected chi connectivity index (χ0v) is 25.3. The Morgan fingerprint density at radius 1 is 0.689 bits per heavy atom. The quantitative estimate of drug-likeness (QED) is 0.212. The summed E-state index contributed by atoms with van der Waals surface area (Å²) in [6.07, 6.45) is 24.2. The molecule has 45 heavy (non-hydrogen) atoms. The molecule has 3 aromatic carbocycles. The Balaban J connectivity index is 1.25. The van der Waals surface area contributed by atoms with Crippen molar-refractivity contribution in [2.45, 2.75) is 44.9 Å². The van der Waals surface area contributed by atoms with Gasteiger partial charge in [-0.3, -0.25) is 0 Å². The number of hydrogen-bond acceptors (Lipinski definition) is 3. The van der Waals surface area contributed by atoms with Gasteiger partial charge in [0.05, 0.1) is 11.4 Å². The number of hydrogen-bond donors (Lipinski definition) is 0. The molecule has 0 spiro atoms. The van der Waals surface area contributed by atoms with Gasteiger partial charge in [0.1, 0.15) is 11.2 Å². The minimum Gasteiger partial charge on any atom is -0.456 e. The van der Waals surface area contributed by atoms with Crippen LogP contribution in [0.25, 0.3) is 55.7 Å². The minimum atomic E-state index is 0.621. The fourth-order valence-electron chi connectivity index (χ4n) is 7.54. The summed E-state index contributed by atoms with van der Waals surface area (Å²) in [5, 5.41) is 2.33. The van der Waals surface area contributed by atoms with E-state index in [1.54, 1.807) is 0 Å². The summed E-state index contributed by atoms with van der Waals surface area (Å²) in [6.45, 7) is 0. The summed E-state index contributed by atoms with van der Waals surface area (Å²) in [5.41, 5.74) is 14.0. The van der Waals surface area contributed by atoms with E-state index in [9.17, 15) is 0 Å². The molecule has 5 aromatic rings. The lowest BCUT2D eigenvalue weighted by Gasteiger charge is -2.25. The zero-order valence-electron chi connectivity index (χ0n) is 25.3. The van der Waals surface area contributed by atoms with Gasteiger partial charge in [0.2, 0.25) is 0 Å². The van der Waals surface area contributed by atoms with Crippen LogP contribution in [0.4, 0.5) is 0 Å². The number of allylic oxidation sites excluding steroid dienone is 12. The highest BCUT2D eigenvalue weighted by atomic mass is 16.3. The third-order valence-electron chi connectivity index (χ3n) is 9.90. The van der Waals surface area contributed by atoms with Crippen molar-refractivity contribution in [2.24, 2.45) is 5.92 Å². The molecule has 0 aliphatic heterocycles. The van der Waals surface area contributed by atoms with Crippen molar-refractivity contribution in [3.63, 3.8) is 0 Å². The van der Waals surface area contributed by atoms with Crippen molar-refractivity contribution in [3.8, 4) is 22.6 Å². The van der Waals surface area contributed by atoms with Crippen molar-refractivity contribution in [1.29, 1.82) is 0 Å². The smallest absolute Gasteiger partial charge is 0.160 e. The fraction of sp³-hybridized carbons (Fsp3) is 0.190. The van der Waals surface area contributed by atoms with E-state index in [4.69, 9.17) is 14.4 Å². The van der Waals surface area contributed by atoms with Crippen molar-refractivity contribution < 1.29 is 4.42 Å². The first kappa shape index (κ1) is 26.4. The molecule has 0 bridgehead atoms. The molecule has 4 aliphatic carbocycles. The highest BCUT2D eigenvalue weighted by Crippen LogP contribution is 2.43. The predicted octanol–water partition coefficient (Wildman–Crippen LogP) is 11.2. The molecular weight excluding hydrogens is 548 g/mol. The molecule has 3 heteroatoms. The van der Waals surface area contributed by atoms with Gasteiger partial charge in [0, 0.05) is 21.9 Å². The minimum absolute atomic E-state index is 0.621. The highest BCUT2D eigenvalue weighted by molar-refractivity contribution is 6.12. The summed E-state index contributed by atoms with van der Waals surface area (Å²) >= 11 is 0. The Morgan fingerprint density at radius 3 is 2.51 bits per heavy atom. The molecule has 218 valence electrons. The zero-order chi connectivity index (χ0) is 29.7. The first-order valence-corrected chi connectivity index (χ1v) is 16.4. The predicted molar refractivity (Wildman–Crippen MR) is 185 cm³/mol. The summed E-state index contributed by atoms with van der Waals surface area (Å²) in [5.74, 6) is 1.38. The van der Waals surface area contributed by atoms with Gasteiger partial charge in [0.15, 0.2) is 5.82 Å². The Kier molecular flexibility index (Phi) is 6.36. The van der Waals surface area contributed by atoms with Gasteiger partial charge in [0.25, 0.3) is 0 Å². The van der Waals surface area contributed by atoms with Gasteiger partial charge in [-0.2, -0.15) is 0 Å². The van der Waals surface area contributed by atoms with Crippen LogP contribution in [-0.2, 0) is 0 Å². The van der Waals surface area contributed by atoms with Gasteiger partial charge < -0.3 is 4.42 Å². The maximum Gasteiger partial charge on any atom is 0.160 e. The molecule has 0 saturated carbocycles. The molecule has 0 radical (unpaired) electrons. The summed E-state index contributed by atoms with van der Waals surface area (Å²) in [7, 11) is 0. The molecule has 1 atom stereocenters. The maximum atomic E-state index is 6.54. The van der Waals surface area contributed by atoms with Gasteiger partial charge >= 0.3 is 0 Å². The van der Waals surface area contributed by atoms with E-state index >= 15 is 0 Å². The number of rotatable bonds is 4. The second-order valence-electron chi connectivity index (χ2n) is 12.7. The maximum absolute atomic E-state index is 6.54. The van der Waals surface area contributed by atoms with Crippen molar-refractivity contribution in [1.82, 2.24) is 9.97 Å². The number of fused-ring (bicyclic) bond motifs is 4. The first-order valence-electron chi connectivity index (χ1n) is 16.4. The van der Waals surface area contributed by atoms with Crippen LogP contribution in [-0.4, -0.2) is 9.97 Å². The van der Waals surface area contributed by atoms with Crippen LogP contribution in [0.2, 0.25) is 0 Å². The molecule has 2 heterocycles. The Bertz CT molecular complexity index is 2180. The van der Waals surface area contributed by atoms with E-state index in [1.165, 1.54) is 51.7 Å². The molecule has 1 unspecified atom stereocenters. The van der Waals surface area contributed by atoms with E-state index in [-0.39, 0.29) is 0 Å². The second-order valence-corrected chi connectivity index (χ2v) is 12.7. The van der Waals surface area contributed by atoms with Crippen LogP contribution in [0.5, 0.6) is 0 Å². The molecule has 4 aliphatic rings.